The van der Waals surface area contributed by atoms with E-state index >= 15 is 0 Å². The first-order valence-electron chi connectivity index (χ1n) is 5.52. The van der Waals surface area contributed by atoms with Gasteiger partial charge in [0.15, 0.2) is 5.82 Å². The molecule has 92 valence electrons. The Labute approximate surface area is 98.0 Å². The fraction of sp³-hybridized carbons (Fsp3) is 0.417. The van der Waals surface area contributed by atoms with E-state index in [0.29, 0.717) is 18.4 Å². The zero-order valence-corrected chi connectivity index (χ0v) is 9.47. The van der Waals surface area contributed by atoms with Crippen LogP contribution in [0.15, 0.2) is 12.1 Å². The number of nitrogen functional groups attached to an aromatic ring is 1. The van der Waals surface area contributed by atoms with Gasteiger partial charge < -0.3 is 11.1 Å². The maximum Gasteiger partial charge on any atom is 0.257 e. The summed E-state index contributed by atoms with van der Waals surface area (Å²) in [6, 6.07) is 2.09. The summed E-state index contributed by atoms with van der Waals surface area (Å²) < 4.78 is 26.8. The Bertz CT molecular complexity index is 462. The van der Waals surface area contributed by atoms with Crippen LogP contribution in [0.25, 0.3) is 0 Å². The maximum absolute atomic E-state index is 13.5. The summed E-state index contributed by atoms with van der Waals surface area (Å²) in [5.74, 6) is -1.63. The van der Waals surface area contributed by atoms with Crippen LogP contribution in [0.3, 0.4) is 0 Å². The molecule has 2 unspecified atom stereocenters. The van der Waals surface area contributed by atoms with Crippen LogP contribution in [0.5, 0.6) is 0 Å². The van der Waals surface area contributed by atoms with E-state index in [0.717, 1.165) is 18.6 Å². The van der Waals surface area contributed by atoms with Gasteiger partial charge in [0.25, 0.3) is 5.91 Å². The molecule has 3 N–H and O–H groups in total. The molecule has 1 aliphatic rings. The Morgan fingerprint density at radius 3 is 2.76 bits per heavy atom. The molecule has 0 aliphatic heterocycles. The first-order chi connectivity index (χ1) is 8.00. The van der Waals surface area contributed by atoms with Crippen molar-refractivity contribution in [2.75, 3.05) is 12.3 Å². The first kappa shape index (κ1) is 11.8. The lowest BCUT2D eigenvalue weighted by Gasteiger charge is -2.08. The van der Waals surface area contributed by atoms with E-state index in [1.54, 1.807) is 0 Å². The number of benzene rings is 1. The van der Waals surface area contributed by atoms with Gasteiger partial charge in [0.05, 0.1) is 5.69 Å². The van der Waals surface area contributed by atoms with Gasteiger partial charge in [-0.3, -0.25) is 4.79 Å². The van der Waals surface area contributed by atoms with Crippen LogP contribution in [0.4, 0.5) is 14.5 Å². The van der Waals surface area contributed by atoms with Gasteiger partial charge >= 0.3 is 0 Å². The van der Waals surface area contributed by atoms with Gasteiger partial charge in [-0.2, -0.15) is 0 Å². The zero-order valence-electron chi connectivity index (χ0n) is 9.47. The lowest BCUT2D eigenvalue weighted by molar-refractivity contribution is 0.0943. The molecule has 1 aliphatic carbocycles. The van der Waals surface area contributed by atoms with E-state index in [2.05, 4.69) is 12.2 Å². The van der Waals surface area contributed by atoms with E-state index in [9.17, 15) is 13.6 Å². The number of nitrogens with one attached hydrogen (secondary N) is 1. The monoisotopic (exact) mass is 240 g/mol. The summed E-state index contributed by atoms with van der Waals surface area (Å²) in [5.41, 5.74) is 4.47. The number of amides is 1. The largest absolute Gasteiger partial charge is 0.396 e. The summed E-state index contributed by atoms with van der Waals surface area (Å²) >= 11 is 0. The Morgan fingerprint density at radius 2 is 2.18 bits per heavy atom. The average molecular weight is 240 g/mol. The Balaban J connectivity index is 2.10. The van der Waals surface area contributed by atoms with Crippen molar-refractivity contribution < 1.29 is 13.6 Å². The van der Waals surface area contributed by atoms with E-state index in [-0.39, 0.29) is 5.69 Å². The quantitative estimate of drug-likeness (QED) is 0.793. The summed E-state index contributed by atoms with van der Waals surface area (Å²) in [5, 5.41) is 2.53. The van der Waals surface area contributed by atoms with Crippen LogP contribution in [-0.2, 0) is 0 Å². The second-order valence-corrected chi connectivity index (χ2v) is 4.51. The predicted molar refractivity (Wildman–Crippen MR) is 60.4 cm³/mol. The number of anilines is 1. The lowest BCUT2D eigenvalue weighted by atomic mass is 10.1. The van der Waals surface area contributed by atoms with Crippen molar-refractivity contribution in [2.24, 2.45) is 11.8 Å². The molecule has 1 aromatic rings. The van der Waals surface area contributed by atoms with Crippen molar-refractivity contribution in [3.05, 3.63) is 29.3 Å². The summed E-state index contributed by atoms with van der Waals surface area (Å²) in [6.45, 7) is 2.52. The van der Waals surface area contributed by atoms with Gasteiger partial charge in [-0.15, -0.1) is 0 Å². The fourth-order valence-corrected chi connectivity index (χ4v) is 1.77. The van der Waals surface area contributed by atoms with Gasteiger partial charge in [-0.05, 0) is 30.4 Å². The molecule has 2 atom stereocenters. The number of nitrogens with two attached hydrogens (primary N) is 1. The standard InChI is InChI=1S/C12H14F2N2O/c1-6-4-7(6)5-16-12(17)10-8(13)2-3-9(15)11(10)14/h2-3,6-7H,4-5,15H2,1H3,(H,16,17). The van der Waals surface area contributed by atoms with E-state index in [4.69, 9.17) is 5.73 Å². The van der Waals surface area contributed by atoms with Gasteiger partial charge in [-0.1, -0.05) is 6.92 Å². The van der Waals surface area contributed by atoms with E-state index in [1.807, 2.05) is 0 Å². The molecule has 0 heterocycles. The SMILES string of the molecule is CC1CC1CNC(=O)c1c(F)ccc(N)c1F. The van der Waals surface area contributed by atoms with Crippen LogP contribution < -0.4 is 11.1 Å². The Hall–Kier alpha value is -1.65. The topological polar surface area (TPSA) is 55.1 Å². The number of rotatable bonds is 3. The molecule has 2 rings (SSSR count). The van der Waals surface area contributed by atoms with Crippen LogP contribution in [0, 0.1) is 23.5 Å². The Kier molecular flexibility index (Phi) is 3.00. The molecule has 0 bridgehead atoms. The second kappa shape index (κ2) is 4.31. The molecule has 0 aromatic heterocycles. The van der Waals surface area contributed by atoms with Crippen molar-refractivity contribution in [3.63, 3.8) is 0 Å². The third kappa shape index (κ3) is 2.38. The average Bonchev–Trinajstić information content (AvgIpc) is 2.98. The molecule has 1 saturated carbocycles. The molecule has 1 fully saturated rings. The number of halogens is 2. The minimum Gasteiger partial charge on any atom is -0.396 e. The zero-order chi connectivity index (χ0) is 12.6. The number of hydrogen-bond donors (Lipinski definition) is 2. The third-order valence-electron chi connectivity index (χ3n) is 3.15. The van der Waals surface area contributed by atoms with Crippen molar-refractivity contribution in [3.8, 4) is 0 Å². The van der Waals surface area contributed by atoms with Crippen molar-refractivity contribution in [1.82, 2.24) is 5.32 Å². The summed E-state index contributed by atoms with van der Waals surface area (Å²) in [6.07, 6.45) is 1.04. The number of hydrogen-bond acceptors (Lipinski definition) is 2. The number of carbonyl (C=O) groups excluding carboxylic acids is 1. The minimum atomic E-state index is -0.994. The highest BCUT2D eigenvalue weighted by Gasteiger charge is 2.33. The minimum absolute atomic E-state index is 0.226. The van der Waals surface area contributed by atoms with Crippen molar-refractivity contribution in [1.29, 1.82) is 0 Å². The van der Waals surface area contributed by atoms with Crippen LogP contribution in [0.2, 0.25) is 0 Å². The third-order valence-corrected chi connectivity index (χ3v) is 3.15. The van der Waals surface area contributed by atoms with Crippen LogP contribution in [-0.4, -0.2) is 12.5 Å². The molecule has 17 heavy (non-hydrogen) atoms. The highest BCUT2D eigenvalue weighted by Crippen LogP contribution is 2.36. The molecule has 0 saturated heterocycles. The molecular formula is C12H14F2N2O. The second-order valence-electron chi connectivity index (χ2n) is 4.51. The molecule has 0 spiro atoms. The summed E-state index contributed by atoms with van der Waals surface area (Å²) in [4.78, 5) is 11.6. The summed E-state index contributed by atoms with van der Waals surface area (Å²) in [7, 11) is 0. The van der Waals surface area contributed by atoms with E-state index in [1.165, 1.54) is 0 Å². The van der Waals surface area contributed by atoms with Gasteiger partial charge in [0.2, 0.25) is 0 Å². The first-order valence-corrected chi connectivity index (χ1v) is 5.52. The molecule has 0 radical (unpaired) electrons. The molecule has 3 nitrogen and oxygen atoms in total. The van der Waals surface area contributed by atoms with Crippen LogP contribution >= 0.6 is 0 Å². The maximum atomic E-state index is 13.5. The van der Waals surface area contributed by atoms with Gasteiger partial charge in [0.1, 0.15) is 11.4 Å². The van der Waals surface area contributed by atoms with Crippen LogP contribution in [0.1, 0.15) is 23.7 Å². The van der Waals surface area contributed by atoms with Crippen molar-refractivity contribution >= 4 is 11.6 Å². The highest BCUT2D eigenvalue weighted by molar-refractivity contribution is 5.95. The van der Waals surface area contributed by atoms with Gasteiger partial charge in [-0.25, -0.2) is 8.78 Å². The van der Waals surface area contributed by atoms with E-state index < -0.39 is 23.1 Å². The molecular weight excluding hydrogens is 226 g/mol. The molecule has 5 heteroatoms. The van der Waals surface area contributed by atoms with Gasteiger partial charge in [0, 0.05) is 6.54 Å². The highest BCUT2D eigenvalue weighted by atomic mass is 19.1. The smallest absolute Gasteiger partial charge is 0.257 e. The Morgan fingerprint density at radius 1 is 1.53 bits per heavy atom. The predicted octanol–water partition coefficient (Wildman–Crippen LogP) is 1.93. The lowest BCUT2D eigenvalue weighted by Crippen LogP contribution is -2.28. The number of carbonyl (C=O) groups is 1. The van der Waals surface area contributed by atoms with Crippen molar-refractivity contribution in [2.45, 2.75) is 13.3 Å². The molecule has 1 aromatic carbocycles. The molecule has 1 amide bonds. The normalized spacial score (nSPS) is 22.3. The fourth-order valence-electron chi connectivity index (χ4n) is 1.77.